The van der Waals surface area contributed by atoms with Crippen molar-refractivity contribution in [1.29, 1.82) is 0 Å². The number of hydrazine groups is 1. The molecule has 2 aliphatic rings. The van der Waals surface area contributed by atoms with Crippen molar-refractivity contribution in [1.82, 2.24) is 15.8 Å². The summed E-state index contributed by atoms with van der Waals surface area (Å²) < 4.78 is 10.6. The molecule has 0 atom stereocenters. The topological polar surface area (TPSA) is 101 Å². The van der Waals surface area contributed by atoms with Gasteiger partial charge in [-0.25, -0.2) is 4.79 Å². The van der Waals surface area contributed by atoms with Crippen LogP contribution in [0, 0.1) is 0 Å². The van der Waals surface area contributed by atoms with Crippen molar-refractivity contribution < 1.29 is 23.5 Å². The molecule has 1 aromatic carbocycles. The van der Waals surface area contributed by atoms with Crippen molar-refractivity contribution in [2.75, 3.05) is 7.11 Å². The number of fused-ring (bicyclic) bond motifs is 1. The second-order valence-corrected chi connectivity index (χ2v) is 7.05. The zero-order valence-electron chi connectivity index (χ0n) is 15.0. The van der Waals surface area contributed by atoms with E-state index in [1.165, 1.54) is 6.26 Å². The van der Waals surface area contributed by atoms with Gasteiger partial charge in [0.2, 0.25) is 5.91 Å². The Morgan fingerprint density at radius 3 is 2.81 bits per heavy atom. The number of hydrogen-bond donors (Lipinski definition) is 2. The second kappa shape index (κ2) is 6.61. The van der Waals surface area contributed by atoms with Crippen LogP contribution < -0.4 is 15.5 Å². The highest BCUT2D eigenvalue weighted by Crippen LogP contribution is 2.33. The summed E-state index contributed by atoms with van der Waals surface area (Å²) in [6.07, 6.45) is 5.53. The van der Waals surface area contributed by atoms with E-state index in [1.807, 2.05) is 6.07 Å². The lowest BCUT2D eigenvalue weighted by molar-refractivity contribution is -0.139. The lowest BCUT2D eigenvalue weighted by Gasteiger charge is -2.30. The highest BCUT2D eigenvalue weighted by atomic mass is 16.5. The van der Waals surface area contributed by atoms with E-state index in [0.717, 1.165) is 29.7 Å². The third-order valence-corrected chi connectivity index (χ3v) is 5.32. The van der Waals surface area contributed by atoms with E-state index in [0.29, 0.717) is 29.7 Å². The van der Waals surface area contributed by atoms with Gasteiger partial charge >= 0.3 is 6.03 Å². The zero-order chi connectivity index (χ0) is 19.0. The number of urea groups is 1. The number of nitrogens with one attached hydrogen (secondary N) is 2. The minimum absolute atomic E-state index is 0.0105. The third-order valence-electron chi connectivity index (χ3n) is 5.32. The molecule has 142 valence electrons. The van der Waals surface area contributed by atoms with Crippen molar-refractivity contribution in [2.24, 2.45) is 0 Å². The number of ether oxygens (including phenoxy) is 1. The first-order chi connectivity index (χ1) is 13.0. The Bertz CT molecular complexity index is 913. The van der Waals surface area contributed by atoms with E-state index >= 15 is 0 Å². The van der Waals surface area contributed by atoms with Crippen LogP contribution >= 0.6 is 0 Å². The fourth-order valence-electron chi connectivity index (χ4n) is 3.88. The van der Waals surface area contributed by atoms with Crippen molar-refractivity contribution >= 4 is 28.8 Å². The molecule has 0 unspecified atom stereocenters. The highest BCUT2D eigenvalue weighted by Gasteiger charge is 2.52. The second-order valence-electron chi connectivity index (χ2n) is 7.05. The Kier molecular flexibility index (Phi) is 4.25. The number of carbonyl (C=O) groups is 3. The SMILES string of the molecule is COc1ccc2c(CC(=O)NN3C(=O)NC4(CCCCC4)C3=O)coc2c1. The van der Waals surface area contributed by atoms with Crippen LogP contribution in [0.4, 0.5) is 4.79 Å². The summed E-state index contributed by atoms with van der Waals surface area (Å²) in [7, 11) is 1.57. The molecule has 1 aliphatic heterocycles. The summed E-state index contributed by atoms with van der Waals surface area (Å²) in [4.78, 5) is 37.4. The molecule has 8 nitrogen and oxygen atoms in total. The lowest BCUT2D eigenvalue weighted by Crippen LogP contribution is -2.51. The van der Waals surface area contributed by atoms with E-state index in [1.54, 1.807) is 19.2 Å². The van der Waals surface area contributed by atoms with Crippen molar-refractivity contribution in [2.45, 2.75) is 44.1 Å². The molecule has 4 rings (SSSR count). The van der Waals surface area contributed by atoms with Gasteiger partial charge in [-0.3, -0.25) is 15.0 Å². The predicted molar refractivity (Wildman–Crippen MR) is 95.8 cm³/mol. The summed E-state index contributed by atoms with van der Waals surface area (Å²) in [5.74, 6) is -0.169. The maximum absolute atomic E-state index is 12.7. The van der Waals surface area contributed by atoms with Crippen molar-refractivity contribution in [3.8, 4) is 5.75 Å². The monoisotopic (exact) mass is 371 g/mol. The van der Waals surface area contributed by atoms with Crippen LogP contribution in [-0.2, 0) is 16.0 Å². The summed E-state index contributed by atoms with van der Waals surface area (Å²) in [6.45, 7) is 0. The molecule has 2 N–H and O–H groups in total. The van der Waals surface area contributed by atoms with Crippen molar-refractivity contribution in [3.05, 3.63) is 30.0 Å². The van der Waals surface area contributed by atoms with Gasteiger partial charge in [0.05, 0.1) is 19.8 Å². The lowest BCUT2D eigenvalue weighted by atomic mass is 9.82. The molecule has 27 heavy (non-hydrogen) atoms. The molecule has 4 amide bonds. The van der Waals surface area contributed by atoms with E-state index in [4.69, 9.17) is 9.15 Å². The molecule has 0 bridgehead atoms. The largest absolute Gasteiger partial charge is 0.497 e. The number of amides is 4. The van der Waals surface area contributed by atoms with Gasteiger partial charge in [0.1, 0.15) is 16.9 Å². The van der Waals surface area contributed by atoms with Gasteiger partial charge in [-0.15, -0.1) is 0 Å². The average molecular weight is 371 g/mol. The standard InChI is InChI=1S/C19H21N3O5/c1-26-13-5-6-14-12(11-27-15(14)10-13)9-16(23)21-22-17(24)19(20-18(22)25)7-3-2-4-8-19/h5-6,10-11H,2-4,7-9H2,1H3,(H,20,25)(H,21,23). The number of furan rings is 1. The molecule has 1 saturated heterocycles. The number of benzene rings is 1. The number of imide groups is 1. The van der Waals surface area contributed by atoms with Crippen LogP contribution in [0.1, 0.15) is 37.7 Å². The molecule has 8 heteroatoms. The first kappa shape index (κ1) is 17.4. The van der Waals surface area contributed by atoms with Crippen LogP contribution in [0.15, 0.2) is 28.9 Å². The summed E-state index contributed by atoms with van der Waals surface area (Å²) in [6, 6.07) is 4.76. The predicted octanol–water partition coefficient (Wildman–Crippen LogP) is 2.27. The van der Waals surface area contributed by atoms with E-state index in [2.05, 4.69) is 10.7 Å². The Morgan fingerprint density at radius 2 is 2.07 bits per heavy atom. The molecule has 2 heterocycles. The van der Waals surface area contributed by atoms with Gasteiger partial charge < -0.3 is 14.5 Å². The molecule has 1 aromatic heterocycles. The van der Waals surface area contributed by atoms with Gasteiger partial charge in [0, 0.05) is 17.0 Å². The first-order valence-electron chi connectivity index (χ1n) is 9.03. The molecule has 2 fully saturated rings. The van der Waals surface area contributed by atoms with Crippen LogP contribution in [0.25, 0.3) is 11.0 Å². The Labute approximate surface area is 155 Å². The highest BCUT2D eigenvalue weighted by molar-refractivity contribution is 6.08. The minimum Gasteiger partial charge on any atom is -0.497 e. The molecule has 1 aliphatic carbocycles. The summed E-state index contributed by atoms with van der Waals surface area (Å²) >= 11 is 0. The number of hydrogen-bond acceptors (Lipinski definition) is 5. The fraction of sp³-hybridized carbons (Fsp3) is 0.421. The van der Waals surface area contributed by atoms with E-state index in [9.17, 15) is 14.4 Å². The minimum atomic E-state index is -0.860. The van der Waals surface area contributed by atoms with Crippen LogP contribution in [0.5, 0.6) is 5.75 Å². The number of carbonyl (C=O) groups excluding carboxylic acids is 3. The molecule has 1 saturated carbocycles. The Morgan fingerprint density at radius 1 is 1.30 bits per heavy atom. The smallest absolute Gasteiger partial charge is 0.344 e. The molecular weight excluding hydrogens is 350 g/mol. The average Bonchev–Trinajstić information content (AvgIpc) is 3.16. The van der Waals surface area contributed by atoms with Crippen LogP contribution in [0.2, 0.25) is 0 Å². The molecule has 1 spiro atoms. The Hall–Kier alpha value is -3.03. The maximum atomic E-state index is 12.7. The van der Waals surface area contributed by atoms with Crippen LogP contribution in [-0.4, -0.2) is 35.5 Å². The fourth-order valence-corrected chi connectivity index (χ4v) is 3.88. The number of rotatable bonds is 4. The van der Waals surface area contributed by atoms with Gasteiger partial charge in [-0.2, -0.15) is 5.01 Å². The number of methoxy groups -OCH3 is 1. The molecular formula is C19H21N3O5. The van der Waals surface area contributed by atoms with Gasteiger partial charge in [0.15, 0.2) is 0 Å². The van der Waals surface area contributed by atoms with E-state index in [-0.39, 0.29) is 12.3 Å². The maximum Gasteiger partial charge on any atom is 0.344 e. The van der Waals surface area contributed by atoms with Crippen molar-refractivity contribution in [3.63, 3.8) is 0 Å². The summed E-state index contributed by atoms with van der Waals surface area (Å²) in [5, 5.41) is 4.37. The Balaban J connectivity index is 1.47. The zero-order valence-corrected chi connectivity index (χ0v) is 15.0. The van der Waals surface area contributed by atoms with Crippen LogP contribution in [0.3, 0.4) is 0 Å². The van der Waals surface area contributed by atoms with Gasteiger partial charge in [0.25, 0.3) is 5.91 Å². The van der Waals surface area contributed by atoms with E-state index < -0.39 is 17.5 Å². The molecule has 0 radical (unpaired) electrons. The first-order valence-corrected chi connectivity index (χ1v) is 9.03. The van der Waals surface area contributed by atoms with Gasteiger partial charge in [-0.1, -0.05) is 19.3 Å². The van der Waals surface area contributed by atoms with Gasteiger partial charge in [-0.05, 0) is 25.0 Å². The molecule has 2 aromatic rings. The summed E-state index contributed by atoms with van der Waals surface area (Å²) in [5.41, 5.74) is 2.86. The third kappa shape index (κ3) is 3.01. The number of nitrogens with zero attached hydrogens (tertiary/aromatic N) is 1. The quantitative estimate of drug-likeness (QED) is 0.803. The normalized spacial score (nSPS) is 18.8.